The highest BCUT2D eigenvalue weighted by Crippen LogP contribution is 2.23. The Bertz CT molecular complexity index is 796. The fourth-order valence-electron chi connectivity index (χ4n) is 3.62. The van der Waals surface area contributed by atoms with Gasteiger partial charge in [0.25, 0.3) is 0 Å². The first-order valence-electron chi connectivity index (χ1n) is 8.67. The number of carbonyl (C=O) groups excluding carboxylic acids is 1. The molecule has 6 heteroatoms. The van der Waals surface area contributed by atoms with Crippen LogP contribution in [0, 0.1) is 5.92 Å². The van der Waals surface area contributed by atoms with E-state index < -0.39 is 5.97 Å². The van der Waals surface area contributed by atoms with Crippen LogP contribution in [-0.2, 0) is 11.3 Å². The summed E-state index contributed by atoms with van der Waals surface area (Å²) in [6.45, 7) is 6.89. The first-order chi connectivity index (χ1) is 11.9. The Balaban J connectivity index is 1.88. The molecular weight excluding hydrogens is 318 g/mol. The number of rotatable bonds is 4. The number of carboxylic acid groups (broad SMARTS) is 1. The Labute approximate surface area is 147 Å². The molecule has 0 bridgehead atoms. The lowest BCUT2D eigenvalue weighted by Gasteiger charge is -2.42. The van der Waals surface area contributed by atoms with Gasteiger partial charge in [-0.3, -0.25) is 4.79 Å². The summed E-state index contributed by atoms with van der Waals surface area (Å²) >= 11 is 0. The van der Waals surface area contributed by atoms with Crippen LogP contribution >= 0.6 is 0 Å². The molecule has 1 atom stereocenters. The molecule has 134 valence electrons. The lowest BCUT2D eigenvalue weighted by Crippen LogP contribution is -2.56. The minimum atomic E-state index is -0.970. The number of carbonyl (C=O) groups is 2. The molecule has 1 aliphatic rings. The number of hydrogen-bond donors (Lipinski definition) is 1. The molecule has 1 N–H and O–H groups in total. The van der Waals surface area contributed by atoms with Gasteiger partial charge in [-0.05, 0) is 19.0 Å². The quantitative estimate of drug-likeness (QED) is 0.924. The average molecular weight is 343 g/mol. The summed E-state index contributed by atoms with van der Waals surface area (Å²) in [4.78, 5) is 28.6. The van der Waals surface area contributed by atoms with Gasteiger partial charge >= 0.3 is 5.97 Å². The lowest BCUT2D eigenvalue weighted by atomic mass is 9.99. The Morgan fingerprint density at radius 1 is 1.24 bits per heavy atom. The van der Waals surface area contributed by atoms with Gasteiger partial charge in [0.15, 0.2) is 0 Å². The van der Waals surface area contributed by atoms with Crippen LogP contribution in [0.25, 0.3) is 10.9 Å². The fraction of sp³-hybridized carbons (Fsp3) is 0.474. The standard InChI is InChI=1S/C19H25N3O3/c1-13(2)17-11-20(3)8-9-22(17)18(23)12-21-10-15(19(24)25)14-6-4-5-7-16(14)21/h4-7,10,13,17H,8-9,11-12H2,1-3H3,(H,24,25). The second-order valence-corrected chi connectivity index (χ2v) is 7.15. The van der Waals surface area contributed by atoms with Crippen LogP contribution in [0.5, 0.6) is 0 Å². The highest BCUT2D eigenvalue weighted by Gasteiger charge is 2.31. The third kappa shape index (κ3) is 3.39. The van der Waals surface area contributed by atoms with Crippen LogP contribution in [0.3, 0.4) is 0 Å². The van der Waals surface area contributed by atoms with Gasteiger partial charge in [0, 0.05) is 42.8 Å². The van der Waals surface area contributed by atoms with Gasteiger partial charge in [-0.1, -0.05) is 32.0 Å². The number of likely N-dealkylation sites (N-methyl/N-ethyl adjacent to an activating group) is 1. The Hall–Kier alpha value is -2.34. The van der Waals surface area contributed by atoms with Crippen LogP contribution in [0.4, 0.5) is 0 Å². The van der Waals surface area contributed by atoms with Crippen molar-refractivity contribution < 1.29 is 14.7 Å². The van der Waals surface area contributed by atoms with E-state index in [9.17, 15) is 14.7 Å². The molecule has 1 fully saturated rings. The van der Waals surface area contributed by atoms with E-state index in [1.807, 2.05) is 23.1 Å². The minimum Gasteiger partial charge on any atom is -0.478 e. The van der Waals surface area contributed by atoms with Crippen molar-refractivity contribution in [1.82, 2.24) is 14.4 Å². The SMILES string of the molecule is CC(C)C1CN(C)CCN1C(=O)Cn1cc(C(=O)O)c2ccccc21. The zero-order valence-corrected chi connectivity index (χ0v) is 15.0. The summed E-state index contributed by atoms with van der Waals surface area (Å²) in [6, 6.07) is 7.51. The number of hydrogen-bond acceptors (Lipinski definition) is 3. The van der Waals surface area contributed by atoms with Crippen molar-refractivity contribution in [3.63, 3.8) is 0 Å². The van der Waals surface area contributed by atoms with Gasteiger partial charge in [0.2, 0.25) is 5.91 Å². The highest BCUT2D eigenvalue weighted by atomic mass is 16.4. The number of carboxylic acids is 1. The smallest absolute Gasteiger partial charge is 0.337 e. The molecule has 6 nitrogen and oxygen atoms in total. The van der Waals surface area contributed by atoms with Crippen molar-refractivity contribution in [1.29, 1.82) is 0 Å². The number of amides is 1. The van der Waals surface area contributed by atoms with E-state index in [0.29, 0.717) is 17.8 Å². The van der Waals surface area contributed by atoms with Crippen LogP contribution in [-0.4, -0.2) is 64.1 Å². The molecule has 2 heterocycles. The molecule has 0 spiro atoms. The van der Waals surface area contributed by atoms with Gasteiger partial charge in [-0.15, -0.1) is 0 Å². The zero-order valence-electron chi connectivity index (χ0n) is 15.0. The Morgan fingerprint density at radius 2 is 1.96 bits per heavy atom. The van der Waals surface area contributed by atoms with Crippen LogP contribution in [0.2, 0.25) is 0 Å². The van der Waals surface area contributed by atoms with Gasteiger partial charge in [-0.25, -0.2) is 4.79 Å². The third-order valence-corrected chi connectivity index (χ3v) is 5.04. The number of para-hydroxylation sites is 1. The van der Waals surface area contributed by atoms with Crippen molar-refractivity contribution in [2.45, 2.75) is 26.4 Å². The Kier molecular flexibility index (Phi) is 4.81. The largest absolute Gasteiger partial charge is 0.478 e. The molecule has 1 aromatic carbocycles. The summed E-state index contributed by atoms with van der Waals surface area (Å²) in [5.41, 5.74) is 1.02. The summed E-state index contributed by atoms with van der Waals surface area (Å²) in [6.07, 6.45) is 1.57. The monoisotopic (exact) mass is 343 g/mol. The maximum atomic E-state index is 13.0. The summed E-state index contributed by atoms with van der Waals surface area (Å²) < 4.78 is 1.76. The molecule has 1 aliphatic heterocycles. The van der Waals surface area contributed by atoms with Crippen LogP contribution in [0.1, 0.15) is 24.2 Å². The van der Waals surface area contributed by atoms with E-state index in [0.717, 1.165) is 18.6 Å². The maximum Gasteiger partial charge on any atom is 0.337 e. The highest BCUT2D eigenvalue weighted by molar-refractivity contribution is 6.03. The number of nitrogens with zero attached hydrogens (tertiary/aromatic N) is 3. The zero-order chi connectivity index (χ0) is 18.1. The predicted molar refractivity (Wildman–Crippen MR) is 96.7 cm³/mol. The fourth-order valence-corrected chi connectivity index (χ4v) is 3.62. The van der Waals surface area contributed by atoms with E-state index in [4.69, 9.17) is 0 Å². The first kappa shape index (κ1) is 17.5. The summed E-state index contributed by atoms with van der Waals surface area (Å²) in [5.74, 6) is -0.547. The van der Waals surface area contributed by atoms with Crippen molar-refractivity contribution in [2.24, 2.45) is 5.92 Å². The molecule has 1 amide bonds. The molecule has 3 rings (SSSR count). The Morgan fingerprint density at radius 3 is 2.64 bits per heavy atom. The van der Waals surface area contributed by atoms with Crippen molar-refractivity contribution in [3.05, 3.63) is 36.0 Å². The molecule has 1 unspecified atom stereocenters. The van der Waals surface area contributed by atoms with Gasteiger partial charge in [-0.2, -0.15) is 0 Å². The second kappa shape index (κ2) is 6.88. The number of fused-ring (bicyclic) bond motifs is 1. The second-order valence-electron chi connectivity index (χ2n) is 7.15. The molecule has 2 aromatic rings. The third-order valence-electron chi connectivity index (χ3n) is 5.04. The van der Waals surface area contributed by atoms with E-state index in [2.05, 4.69) is 25.8 Å². The van der Waals surface area contributed by atoms with Gasteiger partial charge in [0.05, 0.1) is 5.56 Å². The van der Waals surface area contributed by atoms with E-state index in [-0.39, 0.29) is 24.1 Å². The van der Waals surface area contributed by atoms with Crippen molar-refractivity contribution in [3.8, 4) is 0 Å². The molecule has 0 aliphatic carbocycles. The predicted octanol–water partition coefficient (Wildman–Crippen LogP) is 2.14. The van der Waals surface area contributed by atoms with Gasteiger partial charge < -0.3 is 19.5 Å². The van der Waals surface area contributed by atoms with E-state index >= 15 is 0 Å². The van der Waals surface area contributed by atoms with E-state index in [1.165, 1.54) is 0 Å². The summed E-state index contributed by atoms with van der Waals surface area (Å²) in [5, 5.41) is 10.1. The average Bonchev–Trinajstić information content (AvgIpc) is 2.93. The maximum absolute atomic E-state index is 13.0. The van der Waals surface area contributed by atoms with E-state index in [1.54, 1.807) is 16.8 Å². The number of benzene rings is 1. The van der Waals surface area contributed by atoms with Crippen molar-refractivity contribution in [2.75, 3.05) is 26.7 Å². The normalized spacial score (nSPS) is 18.9. The van der Waals surface area contributed by atoms with Crippen LogP contribution < -0.4 is 0 Å². The van der Waals surface area contributed by atoms with Gasteiger partial charge in [0.1, 0.15) is 6.54 Å². The minimum absolute atomic E-state index is 0.0458. The number of aromatic carboxylic acids is 1. The number of aromatic nitrogens is 1. The molecule has 25 heavy (non-hydrogen) atoms. The molecule has 1 saturated heterocycles. The van der Waals surface area contributed by atoms with Crippen molar-refractivity contribution >= 4 is 22.8 Å². The van der Waals surface area contributed by atoms with Crippen LogP contribution in [0.15, 0.2) is 30.5 Å². The first-order valence-corrected chi connectivity index (χ1v) is 8.67. The topological polar surface area (TPSA) is 65.8 Å². The molecule has 0 saturated carbocycles. The summed E-state index contributed by atoms with van der Waals surface area (Å²) in [7, 11) is 2.08. The lowest BCUT2D eigenvalue weighted by molar-refractivity contribution is -0.137. The molecule has 1 aromatic heterocycles. The number of piperazine rings is 1. The molecule has 0 radical (unpaired) electrons. The molecular formula is C19H25N3O3.